The summed E-state index contributed by atoms with van der Waals surface area (Å²) in [6.45, 7) is 4.91. The average Bonchev–Trinajstić information content (AvgIpc) is 2.77. The van der Waals surface area contributed by atoms with Crippen LogP contribution in [0, 0.1) is 6.42 Å². The molecular weight excluding hydrogens is 655 g/mol. The van der Waals surface area contributed by atoms with Crippen LogP contribution >= 0.6 is 11.6 Å². The van der Waals surface area contributed by atoms with Crippen molar-refractivity contribution in [2.75, 3.05) is 30.8 Å². The zero-order valence-corrected chi connectivity index (χ0v) is 20.4. The van der Waals surface area contributed by atoms with Gasteiger partial charge in [0.2, 0.25) is 11.5 Å². The Labute approximate surface area is 179 Å². The van der Waals surface area contributed by atoms with E-state index in [1.807, 2.05) is 4.90 Å². The summed E-state index contributed by atoms with van der Waals surface area (Å²) in [4.78, 5) is 41.8. The first-order valence-corrected chi connectivity index (χ1v) is 9.57. The summed E-state index contributed by atoms with van der Waals surface area (Å²) < 4.78 is 0. The van der Waals surface area contributed by atoms with Gasteiger partial charge in [0, 0.05) is 30.8 Å². The number of rotatable bonds is 4. The molecule has 1 aliphatic heterocycles. The van der Waals surface area contributed by atoms with Crippen LogP contribution < -0.4 is 16.2 Å². The molecule has 0 unspecified atom stereocenters. The van der Waals surface area contributed by atoms with Crippen LogP contribution in [0.15, 0.2) is 41.7 Å². The molecule has 11 heteroatoms. The summed E-state index contributed by atoms with van der Waals surface area (Å²) in [5, 5.41) is 5.22. The molecule has 0 aliphatic carbocycles. The molecule has 2 amide bonds. The number of H-pyrrole nitrogens is 1. The van der Waals surface area contributed by atoms with E-state index in [0.29, 0.717) is 17.8 Å². The first-order chi connectivity index (χ1) is 14.3. The number of nitrogens with one attached hydrogen (secondary N) is 4. The fourth-order valence-corrected chi connectivity index (χ4v) is 2.83. The second-order valence-corrected chi connectivity index (χ2v) is 6.66. The van der Waals surface area contributed by atoms with Crippen molar-refractivity contribution in [1.29, 1.82) is 0 Å². The predicted molar refractivity (Wildman–Crippen MR) is 118 cm³/mol. The molecule has 4 N–H and O–H groups in total. The van der Waals surface area contributed by atoms with Crippen molar-refractivity contribution >= 4 is 40.9 Å². The minimum Gasteiger partial charge on any atom is -0.411 e. The molecule has 1 fully saturated rings. The number of carbonyl (C=O) groups is 2. The maximum atomic E-state index is 12.2. The molecule has 169 valence electrons. The summed E-state index contributed by atoms with van der Waals surface area (Å²) in [7, 11) is 1.58. The van der Waals surface area contributed by atoms with Gasteiger partial charge in [-0.2, -0.15) is 6.42 Å². The third-order valence-electron chi connectivity index (χ3n) is 4.16. The number of hydrogen-bond acceptors (Lipinski definition) is 5. The first-order valence-electron chi connectivity index (χ1n) is 9.19. The van der Waals surface area contributed by atoms with Crippen LogP contribution in [0.2, 0.25) is 5.02 Å². The molecule has 0 spiro atoms. The van der Waals surface area contributed by atoms with Crippen LogP contribution in [-0.2, 0) is 4.79 Å². The Balaban J connectivity index is 0.000000344. The average molecular weight is 678 g/mol. The maximum Gasteiger partial charge on any atom is 0.251 e. The predicted octanol–water partition coefficient (Wildman–Crippen LogP) is 3.40. The minimum absolute atomic E-state index is 0. The van der Waals surface area contributed by atoms with E-state index in [-0.39, 0.29) is 28.6 Å². The van der Waals surface area contributed by atoms with E-state index >= 15 is 0 Å². The largest absolute Gasteiger partial charge is 0.411 e. The number of halogens is 1. The quantitative estimate of drug-likeness (QED) is 0.338. The second-order valence-electron chi connectivity index (χ2n) is 6.28. The molecule has 0 atom stereocenters. The van der Waals surface area contributed by atoms with Crippen molar-refractivity contribution in [1.82, 2.24) is 14.9 Å². The van der Waals surface area contributed by atoms with E-state index in [2.05, 4.69) is 33.6 Å². The fourth-order valence-electron chi connectivity index (χ4n) is 2.65. The van der Waals surface area contributed by atoms with E-state index in [9.17, 15) is 14.4 Å². The van der Waals surface area contributed by atoms with Crippen molar-refractivity contribution < 1.29 is 9.59 Å². The number of aromatic amines is 1. The molecule has 9 nitrogen and oxygen atoms in total. The van der Waals surface area contributed by atoms with Crippen LogP contribution in [0.1, 0.15) is 23.2 Å². The fraction of sp³-hybridized carbons (Fsp3) is 0.250. The smallest absolute Gasteiger partial charge is 0.251 e. The van der Waals surface area contributed by atoms with Gasteiger partial charge in [0.25, 0.3) is 5.91 Å². The van der Waals surface area contributed by atoms with Crippen LogP contribution in [0.3, 0.4) is 0 Å². The summed E-state index contributed by atoms with van der Waals surface area (Å²) in [5.74, 6) is -0.202. The van der Waals surface area contributed by atoms with Crippen molar-refractivity contribution in [2.24, 2.45) is 0 Å². The molecule has 31 heavy (non-hydrogen) atoms. The molecule has 1 saturated heterocycles. The molecule has 0 saturated carbocycles. The zero-order chi connectivity index (χ0) is 22.1. The van der Waals surface area contributed by atoms with E-state index in [1.165, 1.54) is 6.08 Å². The molecule has 1 aromatic carbocycles. The van der Waals surface area contributed by atoms with Gasteiger partial charge >= 0.3 is 0 Å². The number of anilines is 2. The van der Waals surface area contributed by atoms with Gasteiger partial charge in [-0.25, -0.2) is 0 Å². The SMILES string of the molecule is C=CC(=O)Nc1ccc(C(=O)N2C[CH-]CCC2)cc1.CNc1nc([NH-])[nH]c(=O)c1Cl.[Bk]. The number of nitrogens with zero attached hydrogens (tertiary/aromatic N) is 2. The Kier molecular flexibility index (Phi) is 9.26. The van der Waals surface area contributed by atoms with Gasteiger partial charge in [0.15, 0.2) is 0 Å². The van der Waals surface area contributed by atoms with E-state index in [1.54, 1.807) is 31.3 Å². The second kappa shape index (κ2) is 11.6. The van der Waals surface area contributed by atoms with Gasteiger partial charge in [0.1, 0.15) is 5.02 Å². The molecule has 2 heterocycles. The third kappa shape index (κ3) is 6.90. The standard InChI is InChI=1S/C15H17N2O2.C5H7ClN4O.Bk/c1-2-14(18)16-13-8-6-12(7-9-13)15(19)17-10-4-3-5-11-17;1-8-3-2(6)4(11)10-5(7)9-3;/h2,4,6-9H,1,3,5,10-11H2,(H,16,18);1H3,(H4,7,8,9,10,11);/q-1;;/p-1. The molecule has 2 aromatic rings. The van der Waals surface area contributed by atoms with Crippen molar-refractivity contribution in [3.8, 4) is 0 Å². The van der Waals surface area contributed by atoms with Crippen LogP contribution in [0.5, 0.6) is 0 Å². The minimum atomic E-state index is -0.504. The van der Waals surface area contributed by atoms with Crippen LogP contribution in [0.4, 0.5) is 17.5 Å². The monoisotopic (exact) mass is 677 g/mol. The molecule has 3 rings (SSSR count). The van der Waals surface area contributed by atoms with Crippen molar-refractivity contribution in [2.45, 2.75) is 12.8 Å². The Bertz CT molecular complexity index is 958. The molecule has 1 aliphatic rings. The Morgan fingerprint density at radius 1 is 1.35 bits per heavy atom. The number of aromatic nitrogens is 2. The summed E-state index contributed by atoms with van der Waals surface area (Å²) in [5.41, 5.74) is 7.81. The van der Waals surface area contributed by atoms with E-state index < -0.39 is 5.56 Å². The summed E-state index contributed by atoms with van der Waals surface area (Å²) in [6, 6.07) is 6.91. The van der Waals surface area contributed by atoms with Crippen molar-refractivity contribution in [3.05, 3.63) is 70.0 Å². The molecule has 0 bridgehead atoms. The zero-order valence-electron chi connectivity index (χ0n) is 16.8. The summed E-state index contributed by atoms with van der Waals surface area (Å²) in [6.07, 6.45) is 5.44. The normalized spacial score (nSPS) is 12.5. The van der Waals surface area contributed by atoms with Gasteiger partial charge in [0.05, 0.1) is 5.82 Å². The van der Waals surface area contributed by atoms with Crippen LogP contribution in [-0.4, -0.2) is 46.8 Å². The topological polar surface area (TPSA) is 131 Å². The number of likely N-dealkylation sites (tertiary alicyclic amines) is 1. The molecule has 1 radical (unpaired) electrons. The van der Waals surface area contributed by atoms with Gasteiger partial charge in [-0.1, -0.05) is 24.6 Å². The number of carbonyl (C=O) groups excluding carboxylic acids is 2. The third-order valence-corrected chi connectivity index (χ3v) is 4.51. The van der Waals surface area contributed by atoms with Gasteiger partial charge in [-0.05, 0) is 30.3 Å². The van der Waals surface area contributed by atoms with Crippen molar-refractivity contribution in [3.63, 3.8) is 0 Å². The number of benzene rings is 1. The van der Waals surface area contributed by atoms with Gasteiger partial charge < -0.3 is 37.7 Å². The maximum absolute atomic E-state index is 12.2. The Morgan fingerprint density at radius 3 is 2.58 bits per heavy atom. The van der Waals surface area contributed by atoms with Gasteiger partial charge in [-0.15, -0.1) is 6.54 Å². The van der Waals surface area contributed by atoms with Crippen LogP contribution in [0.25, 0.3) is 5.73 Å². The number of amides is 2. The first kappa shape index (κ1) is 24.7. The van der Waals surface area contributed by atoms with E-state index in [4.69, 9.17) is 17.3 Å². The number of piperidine rings is 1. The molecule has 1 aromatic heterocycles. The Morgan fingerprint density at radius 2 is 2.03 bits per heavy atom. The molecular formula is C20H23BkClN6O3-2. The summed E-state index contributed by atoms with van der Waals surface area (Å²) >= 11 is 5.51. The number of hydrogen-bond donors (Lipinski definition) is 3. The Hall–Kier alpha value is -4.33. The van der Waals surface area contributed by atoms with Gasteiger partial charge in [-0.3, -0.25) is 14.4 Å². The van der Waals surface area contributed by atoms with E-state index in [0.717, 1.165) is 19.4 Å².